The van der Waals surface area contributed by atoms with E-state index in [1.54, 1.807) is 0 Å². The third-order valence-corrected chi connectivity index (χ3v) is 0.540. The Morgan fingerprint density at radius 3 is 2.00 bits per heavy atom. The largest absolute Gasteiger partial charge is 1.00 e. The maximum Gasteiger partial charge on any atom is -1.00 e. The molecule has 0 fully saturated rings. The molecule has 0 aromatic carbocycles. The van der Waals surface area contributed by atoms with E-state index in [-0.39, 0.29) is 17.0 Å². The van der Waals surface area contributed by atoms with E-state index in [4.69, 9.17) is 0 Å². The predicted octanol–water partition coefficient (Wildman–Crippen LogP) is -1.86. The second kappa shape index (κ2) is 8.86. The molecule has 2 heteroatoms. The molecule has 0 atom stereocenters. The van der Waals surface area contributed by atoms with E-state index >= 15 is 0 Å². The van der Waals surface area contributed by atoms with Crippen molar-refractivity contribution in [3.05, 3.63) is 12.7 Å². The normalized spacial score (nSPS) is 5.20. The first-order valence-corrected chi connectivity index (χ1v) is 2.14. The van der Waals surface area contributed by atoms with Crippen LogP contribution in [0.4, 0.5) is 0 Å². The van der Waals surface area contributed by atoms with Gasteiger partial charge in [0.25, 0.3) is 0 Å². The van der Waals surface area contributed by atoms with Gasteiger partial charge in [-0.15, -0.1) is 0 Å². The summed E-state index contributed by atoms with van der Waals surface area (Å²) in [5.74, 6) is 0. The second-order valence-corrected chi connectivity index (χ2v) is 1.05. The van der Waals surface area contributed by atoms with Gasteiger partial charge >= 0.3 is 36.8 Å². The SMILES string of the molecule is C=C[CH2][Pd+].[Br-]. The quantitative estimate of drug-likeness (QED) is 0.364. The molecule has 0 aliphatic carbocycles. The molecule has 0 aliphatic rings. The molecule has 0 aromatic rings. The molecule has 0 aromatic heterocycles. The molecule has 0 bridgehead atoms. The van der Waals surface area contributed by atoms with Gasteiger partial charge in [-0.2, -0.15) is 0 Å². The van der Waals surface area contributed by atoms with Crippen molar-refractivity contribution in [2.75, 3.05) is 0 Å². The number of rotatable bonds is 1. The fraction of sp³-hybridized carbons (Fsp3) is 0.333. The molecular formula is C3H5BrPd. The Balaban J connectivity index is 0. The van der Waals surface area contributed by atoms with E-state index in [0.29, 0.717) is 0 Å². The third kappa shape index (κ3) is 11.4. The zero-order valence-electron chi connectivity index (χ0n) is 2.69. The van der Waals surface area contributed by atoms with Gasteiger partial charge in [-0.05, 0) is 0 Å². The van der Waals surface area contributed by atoms with Crippen LogP contribution >= 0.6 is 0 Å². The smallest absolute Gasteiger partial charge is 1.00 e. The van der Waals surface area contributed by atoms with Gasteiger partial charge < -0.3 is 17.0 Å². The fourth-order valence-electron chi connectivity index (χ4n) is 0. The van der Waals surface area contributed by atoms with Gasteiger partial charge in [0.15, 0.2) is 0 Å². The maximum atomic E-state index is 3.44. The van der Waals surface area contributed by atoms with Crippen LogP contribution in [0.2, 0.25) is 4.89 Å². The summed E-state index contributed by atoms with van der Waals surface area (Å²) in [6, 6.07) is 0. The Kier molecular flexibility index (Phi) is 16.5. The summed E-state index contributed by atoms with van der Waals surface area (Å²) in [5.41, 5.74) is 0. The van der Waals surface area contributed by atoms with Crippen LogP contribution in [0, 0.1) is 0 Å². The molecule has 0 saturated heterocycles. The van der Waals surface area contributed by atoms with Crippen LogP contribution in [0.15, 0.2) is 12.7 Å². The maximum absolute atomic E-state index is 3.44. The number of hydrogen-bond donors (Lipinski definition) is 0. The van der Waals surface area contributed by atoms with Crippen LogP contribution in [-0.2, 0) is 19.2 Å². The minimum atomic E-state index is 0. The number of allylic oxidation sites excluding steroid dienone is 1. The molecular weight excluding hydrogens is 222 g/mol. The van der Waals surface area contributed by atoms with Gasteiger partial charge in [0, 0.05) is 0 Å². The third-order valence-electron chi connectivity index (χ3n) is 0.0913. The summed E-state index contributed by atoms with van der Waals surface area (Å²) in [4.78, 5) is 0.933. The molecule has 0 nitrogen and oxygen atoms in total. The van der Waals surface area contributed by atoms with Crippen molar-refractivity contribution < 1.29 is 36.2 Å². The second-order valence-electron chi connectivity index (χ2n) is 0.418. The van der Waals surface area contributed by atoms with E-state index < -0.39 is 0 Å². The molecule has 0 spiro atoms. The molecule has 0 N–H and O–H groups in total. The molecule has 0 amide bonds. The summed E-state index contributed by atoms with van der Waals surface area (Å²) < 4.78 is 0. The van der Waals surface area contributed by atoms with E-state index in [1.807, 2.05) is 6.08 Å². The molecule has 0 radical (unpaired) electrons. The number of hydrogen-bond acceptors (Lipinski definition) is 0. The van der Waals surface area contributed by atoms with Gasteiger partial charge in [-0.25, -0.2) is 0 Å². The molecule has 0 heterocycles. The van der Waals surface area contributed by atoms with Crippen LogP contribution in [0.3, 0.4) is 0 Å². The molecule has 5 heavy (non-hydrogen) atoms. The van der Waals surface area contributed by atoms with E-state index in [1.165, 1.54) is 0 Å². The first-order chi connectivity index (χ1) is 1.91. The Hall–Kier alpha value is 0.882. The van der Waals surface area contributed by atoms with E-state index in [2.05, 4.69) is 25.8 Å². The van der Waals surface area contributed by atoms with Gasteiger partial charge in [0.2, 0.25) is 0 Å². The first kappa shape index (κ1) is 9.30. The molecule has 0 unspecified atom stereocenters. The molecule has 34 valence electrons. The Bertz CT molecular complexity index is 20.9. The zero-order valence-corrected chi connectivity index (χ0v) is 5.83. The first-order valence-electron chi connectivity index (χ1n) is 1.04. The van der Waals surface area contributed by atoms with Crippen molar-refractivity contribution in [3.63, 3.8) is 0 Å². The average molecular weight is 227 g/mol. The summed E-state index contributed by atoms with van der Waals surface area (Å²) in [5, 5.41) is 0. The van der Waals surface area contributed by atoms with Crippen molar-refractivity contribution in [3.8, 4) is 0 Å². The Morgan fingerprint density at radius 1 is 1.80 bits per heavy atom. The Morgan fingerprint density at radius 2 is 2.00 bits per heavy atom. The van der Waals surface area contributed by atoms with Gasteiger partial charge in [-0.1, -0.05) is 0 Å². The minimum absolute atomic E-state index is 0. The van der Waals surface area contributed by atoms with Crippen LogP contribution in [0.1, 0.15) is 0 Å². The summed E-state index contributed by atoms with van der Waals surface area (Å²) >= 11 is 2.92. The van der Waals surface area contributed by atoms with Crippen molar-refractivity contribution in [1.29, 1.82) is 0 Å². The van der Waals surface area contributed by atoms with Gasteiger partial charge in [-0.3, -0.25) is 0 Å². The molecule has 0 rings (SSSR count). The minimum Gasteiger partial charge on any atom is -1.00 e. The van der Waals surface area contributed by atoms with Crippen molar-refractivity contribution in [2.45, 2.75) is 4.89 Å². The zero-order chi connectivity index (χ0) is 3.41. The number of halogens is 1. The van der Waals surface area contributed by atoms with Gasteiger partial charge in [0.05, 0.1) is 0 Å². The van der Waals surface area contributed by atoms with E-state index in [9.17, 15) is 0 Å². The topological polar surface area (TPSA) is 0 Å². The Labute approximate surface area is 53.8 Å². The summed E-state index contributed by atoms with van der Waals surface area (Å²) in [6.07, 6.45) is 1.81. The van der Waals surface area contributed by atoms with Crippen molar-refractivity contribution in [1.82, 2.24) is 0 Å². The predicted molar refractivity (Wildman–Crippen MR) is 15.0 cm³/mol. The summed E-state index contributed by atoms with van der Waals surface area (Å²) in [7, 11) is 0. The van der Waals surface area contributed by atoms with Crippen molar-refractivity contribution >= 4 is 0 Å². The fourth-order valence-corrected chi connectivity index (χ4v) is 0. The van der Waals surface area contributed by atoms with Crippen LogP contribution < -0.4 is 17.0 Å². The molecule has 0 saturated carbocycles. The van der Waals surface area contributed by atoms with Gasteiger partial charge in [0.1, 0.15) is 0 Å². The molecule has 0 aliphatic heterocycles. The van der Waals surface area contributed by atoms with Crippen LogP contribution in [0.5, 0.6) is 0 Å². The van der Waals surface area contributed by atoms with E-state index in [0.717, 1.165) is 4.89 Å². The van der Waals surface area contributed by atoms with Crippen molar-refractivity contribution in [2.24, 2.45) is 0 Å². The van der Waals surface area contributed by atoms with Crippen LogP contribution in [0.25, 0.3) is 0 Å². The monoisotopic (exact) mass is 226 g/mol. The standard InChI is InChI=1S/C3H5.BrH.Pd/c1-3-2;;/h3H,1-2H2;1H;/q;;+1/p-1. The van der Waals surface area contributed by atoms with Crippen LogP contribution in [-0.4, -0.2) is 0 Å². The average Bonchev–Trinajstić information content (AvgIpc) is 1.37. The summed E-state index contributed by atoms with van der Waals surface area (Å²) in [6.45, 7) is 3.44.